The Morgan fingerprint density at radius 1 is 1.03 bits per heavy atom. The normalized spacial score (nSPS) is 10.9. The lowest BCUT2D eigenvalue weighted by atomic mass is 10.2. The van der Waals surface area contributed by atoms with Crippen molar-refractivity contribution in [3.63, 3.8) is 0 Å². The lowest BCUT2D eigenvalue weighted by Gasteiger charge is -2.11. The first-order valence-corrected chi connectivity index (χ1v) is 11.7. The first kappa shape index (κ1) is 22.4. The van der Waals surface area contributed by atoms with Crippen LogP contribution in [0.15, 0.2) is 59.8 Å². The Morgan fingerprint density at radius 3 is 2.57 bits per heavy atom. The van der Waals surface area contributed by atoms with Gasteiger partial charge in [0.1, 0.15) is 0 Å². The molecule has 1 heterocycles. The third-order valence-corrected chi connectivity index (χ3v) is 5.99. The molecule has 1 N–H and O–H groups in total. The van der Waals surface area contributed by atoms with Crippen molar-refractivity contribution in [3.8, 4) is 17.1 Å². The first-order valence-electron chi connectivity index (χ1n) is 10.4. The van der Waals surface area contributed by atoms with Gasteiger partial charge in [0.05, 0.1) is 5.02 Å². The Hall–Kier alpha value is -2.31. The van der Waals surface area contributed by atoms with Gasteiger partial charge in [0, 0.05) is 30.0 Å². The molecule has 1 amide bonds. The Balaban J connectivity index is 1.67. The second-order valence-corrected chi connectivity index (χ2v) is 8.44. The Bertz CT molecular complexity index is 945. The zero-order valence-corrected chi connectivity index (χ0v) is 18.8. The standard InChI is InChI=1S/C23H27ClN4OS/c1-2-3-9-16-25-21(29)15-10-17-30-23-27-26-22(19-13-7-8-14-20(19)24)28(23)18-11-5-4-6-12-18/h4-8,11-14H,2-3,9-10,15-17H2,1H3,(H,25,29). The van der Waals surface area contributed by atoms with E-state index in [0.29, 0.717) is 17.3 Å². The van der Waals surface area contributed by atoms with Crippen LogP contribution in [0.5, 0.6) is 0 Å². The van der Waals surface area contributed by atoms with Gasteiger partial charge in [-0.25, -0.2) is 0 Å². The van der Waals surface area contributed by atoms with Crippen molar-refractivity contribution in [2.45, 2.75) is 44.2 Å². The van der Waals surface area contributed by atoms with E-state index in [1.807, 2.05) is 59.2 Å². The number of aromatic nitrogens is 3. The third kappa shape index (κ3) is 6.09. The molecule has 0 bridgehead atoms. The van der Waals surface area contributed by atoms with E-state index in [9.17, 15) is 4.79 Å². The van der Waals surface area contributed by atoms with Crippen LogP contribution in [0.25, 0.3) is 17.1 Å². The van der Waals surface area contributed by atoms with E-state index in [2.05, 4.69) is 22.4 Å². The van der Waals surface area contributed by atoms with E-state index in [1.54, 1.807) is 11.8 Å². The molecule has 0 aliphatic carbocycles. The number of rotatable bonds is 11. The molecule has 7 heteroatoms. The fourth-order valence-electron chi connectivity index (χ4n) is 3.08. The minimum absolute atomic E-state index is 0.119. The lowest BCUT2D eigenvalue weighted by molar-refractivity contribution is -0.121. The maximum Gasteiger partial charge on any atom is 0.220 e. The van der Waals surface area contributed by atoms with Crippen molar-refractivity contribution in [1.82, 2.24) is 20.1 Å². The number of unbranched alkanes of at least 4 members (excludes halogenated alkanes) is 2. The molecule has 3 rings (SSSR count). The van der Waals surface area contributed by atoms with E-state index < -0.39 is 0 Å². The van der Waals surface area contributed by atoms with E-state index >= 15 is 0 Å². The van der Waals surface area contributed by atoms with Gasteiger partial charge in [0.15, 0.2) is 11.0 Å². The van der Waals surface area contributed by atoms with E-state index in [1.165, 1.54) is 0 Å². The van der Waals surface area contributed by atoms with Gasteiger partial charge >= 0.3 is 0 Å². The molecule has 0 atom stereocenters. The summed E-state index contributed by atoms with van der Waals surface area (Å²) in [6.45, 7) is 2.92. The average molecular weight is 443 g/mol. The van der Waals surface area contributed by atoms with E-state index in [-0.39, 0.29) is 5.91 Å². The minimum Gasteiger partial charge on any atom is -0.356 e. The van der Waals surface area contributed by atoms with Gasteiger partial charge in [-0.2, -0.15) is 0 Å². The summed E-state index contributed by atoms with van der Waals surface area (Å²) < 4.78 is 2.02. The highest BCUT2D eigenvalue weighted by Gasteiger charge is 2.17. The quantitative estimate of drug-likeness (QED) is 0.302. The number of nitrogens with zero attached hydrogens (tertiary/aromatic N) is 3. The fourth-order valence-corrected chi connectivity index (χ4v) is 4.19. The molecule has 0 spiro atoms. The van der Waals surface area contributed by atoms with Crippen LogP contribution in [0.1, 0.15) is 39.0 Å². The highest BCUT2D eigenvalue weighted by molar-refractivity contribution is 7.99. The highest BCUT2D eigenvalue weighted by atomic mass is 35.5. The summed E-state index contributed by atoms with van der Waals surface area (Å²) in [4.78, 5) is 12.0. The van der Waals surface area contributed by atoms with Crippen molar-refractivity contribution in [2.75, 3.05) is 12.3 Å². The van der Waals surface area contributed by atoms with Gasteiger partial charge in [-0.3, -0.25) is 9.36 Å². The van der Waals surface area contributed by atoms with Gasteiger partial charge in [-0.1, -0.05) is 73.5 Å². The summed E-state index contributed by atoms with van der Waals surface area (Å²) in [5, 5.41) is 13.3. The molecule has 0 saturated heterocycles. The van der Waals surface area contributed by atoms with Crippen molar-refractivity contribution in [2.24, 2.45) is 0 Å². The number of hydrogen-bond donors (Lipinski definition) is 1. The molecule has 5 nitrogen and oxygen atoms in total. The van der Waals surface area contributed by atoms with Crippen LogP contribution in [0.3, 0.4) is 0 Å². The van der Waals surface area contributed by atoms with Crippen LogP contribution in [-0.4, -0.2) is 33.0 Å². The Labute approximate surface area is 187 Å². The molecular formula is C23H27ClN4OS. The van der Waals surface area contributed by atoms with Crippen LogP contribution in [-0.2, 0) is 4.79 Å². The molecule has 158 valence electrons. The second-order valence-electron chi connectivity index (χ2n) is 6.97. The van der Waals surface area contributed by atoms with E-state index in [0.717, 1.165) is 54.4 Å². The van der Waals surface area contributed by atoms with Gasteiger partial charge < -0.3 is 5.32 Å². The SMILES string of the molecule is CCCCCNC(=O)CCCSc1nnc(-c2ccccc2Cl)n1-c1ccccc1. The predicted octanol–water partition coefficient (Wildman–Crippen LogP) is 5.77. The fraction of sp³-hybridized carbons (Fsp3) is 0.348. The molecule has 0 aliphatic heterocycles. The maximum atomic E-state index is 12.0. The molecule has 0 fully saturated rings. The van der Waals surface area contributed by atoms with Crippen molar-refractivity contribution in [3.05, 3.63) is 59.6 Å². The molecule has 3 aromatic rings. The predicted molar refractivity (Wildman–Crippen MR) is 124 cm³/mol. The average Bonchev–Trinajstić information content (AvgIpc) is 3.19. The maximum absolute atomic E-state index is 12.0. The summed E-state index contributed by atoms with van der Waals surface area (Å²) in [6.07, 6.45) is 4.66. The second kappa shape index (κ2) is 11.8. The number of hydrogen-bond acceptors (Lipinski definition) is 4. The number of halogens is 1. The van der Waals surface area contributed by atoms with Crippen LogP contribution in [0.4, 0.5) is 0 Å². The summed E-state index contributed by atoms with van der Waals surface area (Å²) in [6, 6.07) is 17.7. The third-order valence-electron chi connectivity index (χ3n) is 4.64. The smallest absolute Gasteiger partial charge is 0.220 e. The number of thioether (sulfide) groups is 1. The van der Waals surface area contributed by atoms with Crippen LogP contribution in [0.2, 0.25) is 5.02 Å². The lowest BCUT2D eigenvalue weighted by Crippen LogP contribution is -2.24. The minimum atomic E-state index is 0.119. The number of carbonyl (C=O) groups is 1. The van der Waals surface area contributed by atoms with Crippen LogP contribution >= 0.6 is 23.4 Å². The monoisotopic (exact) mass is 442 g/mol. The molecule has 2 aromatic carbocycles. The number of amides is 1. The van der Waals surface area contributed by atoms with Crippen LogP contribution in [0, 0.1) is 0 Å². The van der Waals surface area contributed by atoms with Gasteiger partial charge in [-0.15, -0.1) is 10.2 Å². The summed E-state index contributed by atoms with van der Waals surface area (Å²) in [5.41, 5.74) is 1.82. The molecule has 0 aliphatic rings. The molecular weight excluding hydrogens is 416 g/mol. The van der Waals surface area contributed by atoms with Gasteiger partial charge in [0.25, 0.3) is 0 Å². The molecule has 0 saturated carbocycles. The molecule has 1 aromatic heterocycles. The Kier molecular flexibility index (Phi) is 8.78. The topological polar surface area (TPSA) is 59.8 Å². The van der Waals surface area contributed by atoms with Crippen molar-refractivity contribution < 1.29 is 4.79 Å². The first-order chi connectivity index (χ1) is 14.7. The number of carbonyl (C=O) groups excluding carboxylic acids is 1. The zero-order chi connectivity index (χ0) is 21.2. The molecule has 0 unspecified atom stereocenters. The zero-order valence-electron chi connectivity index (χ0n) is 17.2. The summed E-state index contributed by atoms with van der Waals surface area (Å²) in [7, 11) is 0. The molecule has 30 heavy (non-hydrogen) atoms. The molecule has 0 radical (unpaired) electrons. The van der Waals surface area contributed by atoms with Crippen LogP contribution < -0.4 is 5.32 Å². The summed E-state index contributed by atoms with van der Waals surface area (Å²) >= 11 is 8.02. The largest absolute Gasteiger partial charge is 0.356 e. The number of para-hydroxylation sites is 1. The van der Waals surface area contributed by atoms with Crippen molar-refractivity contribution >= 4 is 29.3 Å². The summed E-state index contributed by atoms with van der Waals surface area (Å²) in [5.74, 6) is 1.62. The number of nitrogens with one attached hydrogen (secondary N) is 1. The highest BCUT2D eigenvalue weighted by Crippen LogP contribution is 2.32. The van der Waals surface area contributed by atoms with Gasteiger partial charge in [-0.05, 0) is 37.1 Å². The number of benzene rings is 2. The Morgan fingerprint density at radius 2 is 1.80 bits per heavy atom. The van der Waals surface area contributed by atoms with E-state index in [4.69, 9.17) is 11.6 Å². The van der Waals surface area contributed by atoms with Crippen molar-refractivity contribution in [1.29, 1.82) is 0 Å². The van der Waals surface area contributed by atoms with Gasteiger partial charge in [0.2, 0.25) is 5.91 Å².